The molecule has 1 N–H and O–H groups in total. The Morgan fingerprint density at radius 3 is 1.87 bits per heavy atom. The number of nitrogens with one attached hydrogen (secondary N) is 1. The van der Waals surface area contributed by atoms with Gasteiger partial charge in [-0.05, 0) is 6.07 Å². The lowest BCUT2D eigenvalue weighted by molar-refractivity contribution is -0.162. The molecule has 0 amide bonds. The molecule has 8 heteroatoms. The molecule has 15 heavy (non-hydrogen) atoms. The smallest absolute Gasteiger partial charge is 0.352 e. The Hall–Kier alpha value is -1.05. The molecule has 84 valence electrons. The van der Waals surface area contributed by atoms with E-state index in [1.165, 1.54) is 0 Å². The van der Waals surface area contributed by atoms with E-state index in [0.717, 1.165) is 6.20 Å². The number of aromatic nitrogens is 1. The minimum absolute atomic E-state index is 0.304. The van der Waals surface area contributed by atoms with Gasteiger partial charge < -0.3 is 4.98 Å². The Bertz CT molecular complexity index is 415. The van der Waals surface area contributed by atoms with Crippen LogP contribution in [0, 0.1) is 4.64 Å². The predicted molar refractivity (Wildman–Crippen MR) is 41.6 cm³/mol. The standard InChI is InChI=1S/C7H3F6NS/c8-6(9,10)3-1-2-14-5(15)4(3)7(11,12)13/h1-2H,(H,14,15). The Balaban J connectivity index is 3.55. The molecule has 0 atom stereocenters. The average molecular weight is 247 g/mol. The van der Waals surface area contributed by atoms with Crippen molar-refractivity contribution < 1.29 is 26.3 Å². The van der Waals surface area contributed by atoms with E-state index in [9.17, 15) is 26.3 Å². The molecule has 1 heterocycles. The van der Waals surface area contributed by atoms with Gasteiger partial charge in [0.05, 0.1) is 5.56 Å². The van der Waals surface area contributed by atoms with E-state index in [4.69, 9.17) is 0 Å². The molecule has 0 aliphatic heterocycles. The van der Waals surface area contributed by atoms with E-state index in [-0.39, 0.29) is 0 Å². The van der Waals surface area contributed by atoms with Gasteiger partial charge in [0.15, 0.2) is 0 Å². The maximum Gasteiger partial charge on any atom is 0.419 e. The lowest BCUT2D eigenvalue weighted by Gasteiger charge is -2.14. The summed E-state index contributed by atoms with van der Waals surface area (Å²) in [5.74, 6) is 0. The molecule has 0 fully saturated rings. The predicted octanol–water partition coefficient (Wildman–Crippen LogP) is 3.78. The van der Waals surface area contributed by atoms with Crippen molar-refractivity contribution in [2.24, 2.45) is 0 Å². The Morgan fingerprint density at radius 2 is 1.53 bits per heavy atom. The quantitative estimate of drug-likeness (QED) is 0.545. The Labute approximate surface area is 84.7 Å². The molecule has 0 aliphatic carbocycles. The highest BCUT2D eigenvalue weighted by Gasteiger charge is 2.44. The highest BCUT2D eigenvalue weighted by molar-refractivity contribution is 7.71. The lowest BCUT2D eigenvalue weighted by atomic mass is 10.1. The van der Waals surface area contributed by atoms with Crippen LogP contribution in [0.5, 0.6) is 0 Å². The molecule has 0 radical (unpaired) electrons. The molecule has 0 saturated heterocycles. The van der Waals surface area contributed by atoms with Crippen molar-refractivity contribution in [3.05, 3.63) is 28.0 Å². The van der Waals surface area contributed by atoms with E-state index in [2.05, 4.69) is 12.2 Å². The third-order valence-corrected chi connectivity index (χ3v) is 1.87. The first kappa shape index (κ1) is 12.0. The van der Waals surface area contributed by atoms with Crippen LogP contribution in [0.25, 0.3) is 0 Å². The van der Waals surface area contributed by atoms with Crippen LogP contribution in [0.3, 0.4) is 0 Å². The molecule has 0 saturated carbocycles. The molecular formula is C7H3F6NS. The molecule has 0 bridgehead atoms. The molecule has 1 aromatic heterocycles. The van der Waals surface area contributed by atoms with E-state index >= 15 is 0 Å². The topological polar surface area (TPSA) is 15.8 Å². The summed E-state index contributed by atoms with van der Waals surface area (Å²) in [5.41, 5.74) is -3.63. The fraction of sp³-hybridized carbons (Fsp3) is 0.286. The first-order valence-electron chi connectivity index (χ1n) is 3.50. The van der Waals surface area contributed by atoms with Crippen molar-refractivity contribution in [2.45, 2.75) is 12.4 Å². The van der Waals surface area contributed by atoms with E-state index in [1.54, 1.807) is 0 Å². The highest BCUT2D eigenvalue weighted by Crippen LogP contribution is 2.40. The van der Waals surface area contributed by atoms with Crippen molar-refractivity contribution in [2.75, 3.05) is 0 Å². The van der Waals surface area contributed by atoms with Crippen LogP contribution in [0.4, 0.5) is 26.3 Å². The van der Waals surface area contributed by atoms with Gasteiger partial charge in [0.25, 0.3) is 0 Å². The summed E-state index contributed by atoms with van der Waals surface area (Å²) in [6.45, 7) is 0. The summed E-state index contributed by atoms with van der Waals surface area (Å²) in [5, 5.41) is 0. The summed E-state index contributed by atoms with van der Waals surface area (Å²) in [6.07, 6.45) is -9.48. The van der Waals surface area contributed by atoms with Crippen LogP contribution in [0.2, 0.25) is 0 Å². The van der Waals surface area contributed by atoms with Crippen LogP contribution >= 0.6 is 12.2 Å². The number of aromatic amines is 1. The van der Waals surface area contributed by atoms with Gasteiger partial charge in [-0.3, -0.25) is 0 Å². The second-order valence-electron chi connectivity index (χ2n) is 2.59. The summed E-state index contributed by atoms with van der Waals surface area (Å²) < 4.78 is 72.4. The SMILES string of the molecule is FC(F)(F)c1cc[nH]c(=S)c1C(F)(F)F. The number of rotatable bonds is 0. The van der Waals surface area contributed by atoms with Crippen molar-refractivity contribution >= 4 is 12.2 Å². The highest BCUT2D eigenvalue weighted by atomic mass is 32.1. The number of pyridine rings is 1. The van der Waals surface area contributed by atoms with Crippen LogP contribution in [0.15, 0.2) is 12.3 Å². The minimum atomic E-state index is -5.13. The van der Waals surface area contributed by atoms with E-state index < -0.39 is 28.1 Å². The van der Waals surface area contributed by atoms with Gasteiger partial charge in [-0.25, -0.2) is 0 Å². The zero-order valence-electron chi connectivity index (χ0n) is 6.83. The molecule has 0 unspecified atom stereocenters. The fourth-order valence-electron chi connectivity index (χ4n) is 0.996. The fourth-order valence-corrected chi connectivity index (χ4v) is 1.29. The van der Waals surface area contributed by atoms with Crippen molar-refractivity contribution in [1.82, 2.24) is 4.98 Å². The second kappa shape index (κ2) is 3.51. The van der Waals surface area contributed by atoms with Crippen LogP contribution in [0.1, 0.15) is 11.1 Å². The molecule has 1 rings (SSSR count). The monoisotopic (exact) mass is 247 g/mol. The van der Waals surface area contributed by atoms with Gasteiger partial charge in [-0.2, -0.15) is 26.3 Å². The van der Waals surface area contributed by atoms with E-state index in [0.29, 0.717) is 6.07 Å². The number of hydrogen-bond acceptors (Lipinski definition) is 1. The number of halogens is 6. The van der Waals surface area contributed by atoms with Gasteiger partial charge in [0.2, 0.25) is 0 Å². The van der Waals surface area contributed by atoms with Gasteiger partial charge >= 0.3 is 12.4 Å². The largest absolute Gasteiger partial charge is 0.419 e. The normalized spacial score (nSPS) is 12.9. The molecular weight excluding hydrogens is 244 g/mol. The Morgan fingerprint density at radius 1 is 1.00 bits per heavy atom. The molecule has 1 aromatic rings. The Kier molecular flexibility index (Phi) is 2.81. The first-order valence-corrected chi connectivity index (χ1v) is 3.91. The summed E-state index contributed by atoms with van der Waals surface area (Å²) in [7, 11) is 0. The molecule has 0 aromatic carbocycles. The minimum Gasteiger partial charge on any atom is -0.352 e. The van der Waals surface area contributed by atoms with E-state index in [1.807, 2.05) is 4.98 Å². The van der Waals surface area contributed by atoms with Gasteiger partial charge in [0.1, 0.15) is 10.2 Å². The first-order chi connectivity index (χ1) is 6.64. The molecule has 1 nitrogen and oxygen atoms in total. The van der Waals surface area contributed by atoms with Crippen LogP contribution < -0.4 is 0 Å². The van der Waals surface area contributed by atoms with Gasteiger partial charge in [0, 0.05) is 6.20 Å². The zero-order valence-corrected chi connectivity index (χ0v) is 7.65. The van der Waals surface area contributed by atoms with Crippen LogP contribution in [-0.4, -0.2) is 4.98 Å². The zero-order chi connectivity index (χ0) is 11.9. The molecule has 0 spiro atoms. The maximum atomic E-state index is 12.3. The van der Waals surface area contributed by atoms with Crippen molar-refractivity contribution in [1.29, 1.82) is 0 Å². The third-order valence-electron chi connectivity index (χ3n) is 1.55. The van der Waals surface area contributed by atoms with Gasteiger partial charge in [-0.1, -0.05) is 12.2 Å². The second-order valence-corrected chi connectivity index (χ2v) is 3.00. The average Bonchev–Trinajstić information content (AvgIpc) is 1.99. The number of alkyl halides is 6. The van der Waals surface area contributed by atoms with Crippen molar-refractivity contribution in [3.63, 3.8) is 0 Å². The van der Waals surface area contributed by atoms with Crippen LogP contribution in [-0.2, 0) is 12.4 Å². The maximum absolute atomic E-state index is 12.3. The number of H-pyrrole nitrogens is 1. The lowest BCUT2D eigenvalue weighted by Crippen LogP contribution is -2.17. The van der Waals surface area contributed by atoms with Gasteiger partial charge in [-0.15, -0.1) is 0 Å². The summed E-state index contributed by atoms with van der Waals surface area (Å²) in [6, 6.07) is 0.304. The van der Waals surface area contributed by atoms with Crippen molar-refractivity contribution in [3.8, 4) is 0 Å². The number of hydrogen-bond donors (Lipinski definition) is 1. The summed E-state index contributed by atoms with van der Waals surface area (Å²) in [4.78, 5) is 1.91. The molecule has 0 aliphatic rings. The third kappa shape index (κ3) is 2.49. The summed E-state index contributed by atoms with van der Waals surface area (Å²) >= 11 is 4.18.